The Morgan fingerprint density at radius 2 is 1.83 bits per heavy atom. The summed E-state index contributed by atoms with van der Waals surface area (Å²) in [4.78, 5) is 16.9. The summed E-state index contributed by atoms with van der Waals surface area (Å²) in [6, 6.07) is 12.5. The van der Waals surface area contributed by atoms with Gasteiger partial charge in [-0.05, 0) is 61.2 Å². The topological polar surface area (TPSA) is 69.7 Å². The first kappa shape index (κ1) is 20.7. The molecule has 30 heavy (non-hydrogen) atoms. The molecule has 0 atom stereocenters. The third-order valence-electron chi connectivity index (χ3n) is 5.99. The summed E-state index contributed by atoms with van der Waals surface area (Å²) < 4.78 is 28.6. The fraction of sp³-hybridized carbons (Fsp3) is 0.435. The van der Waals surface area contributed by atoms with Crippen molar-refractivity contribution in [1.82, 2.24) is 4.90 Å². The second-order valence-corrected chi connectivity index (χ2v) is 10.7. The molecule has 2 aliphatic rings. The van der Waals surface area contributed by atoms with Crippen molar-refractivity contribution in [3.63, 3.8) is 0 Å². The quantitative estimate of drug-likeness (QED) is 0.793. The normalized spacial score (nSPS) is 17.8. The summed E-state index contributed by atoms with van der Waals surface area (Å²) in [5, 5.41) is 0. The molecule has 2 aromatic rings. The maximum Gasteiger partial charge on any atom is 0.261 e. The fourth-order valence-electron chi connectivity index (χ4n) is 4.44. The van der Waals surface area contributed by atoms with Crippen LogP contribution in [0.1, 0.15) is 37.8 Å². The number of hydrogen-bond acceptors (Lipinski definition) is 4. The number of hydrogen-bond donors (Lipinski definition) is 1. The van der Waals surface area contributed by atoms with E-state index in [1.54, 1.807) is 24.3 Å². The fourth-order valence-corrected chi connectivity index (χ4v) is 5.52. The Balaban J connectivity index is 1.59. The summed E-state index contributed by atoms with van der Waals surface area (Å²) >= 11 is 0. The molecule has 0 radical (unpaired) electrons. The molecule has 0 aromatic heterocycles. The standard InChI is InChI=1S/C23H29N3O3S/c1-17-7-6-8-18(13-17)24-30(28,29)19-9-10-21-20(14-19)23(2,3)16-26(21)15-22(27)25-11-4-5-12-25/h6-10,13-14,24H,4-5,11-12,15-16H2,1-3H3. The molecular weight excluding hydrogens is 398 g/mol. The van der Waals surface area contributed by atoms with Gasteiger partial charge in [-0.3, -0.25) is 9.52 Å². The lowest BCUT2D eigenvalue weighted by atomic mass is 9.87. The van der Waals surface area contributed by atoms with Gasteiger partial charge < -0.3 is 9.80 Å². The molecule has 2 aliphatic heterocycles. The number of aryl methyl sites for hydroxylation is 1. The highest BCUT2D eigenvalue weighted by atomic mass is 32.2. The predicted octanol–water partition coefficient (Wildman–Crippen LogP) is 3.52. The lowest BCUT2D eigenvalue weighted by molar-refractivity contribution is -0.128. The largest absolute Gasteiger partial charge is 0.361 e. The van der Waals surface area contributed by atoms with Crippen LogP contribution in [-0.2, 0) is 20.2 Å². The second-order valence-electron chi connectivity index (χ2n) is 8.98. The summed E-state index contributed by atoms with van der Waals surface area (Å²) in [6.45, 7) is 8.82. The maximum absolute atomic E-state index is 13.0. The van der Waals surface area contributed by atoms with Crippen LogP contribution in [0.3, 0.4) is 0 Å². The first-order valence-corrected chi connectivity index (χ1v) is 11.9. The molecule has 2 aromatic carbocycles. The predicted molar refractivity (Wildman–Crippen MR) is 119 cm³/mol. The number of sulfonamides is 1. The van der Waals surface area contributed by atoms with Crippen molar-refractivity contribution in [2.45, 2.75) is 43.9 Å². The van der Waals surface area contributed by atoms with Crippen molar-refractivity contribution < 1.29 is 13.2 Å². The van der Waals surface area contributed by atoms with Crippen LogP contribution in [0, 0.1) is 6.92 Å². The van der Waals surface area contributed by atoms with Crippen LogP contribution in [0.5, 0.6) is 0 Å². The molecular formula is C23H29N3O3S. The highest BCUT2D eigenvalue weighted by Crippen LogP contribution is 2.41. The van der Waals surface area contributed by atoms with Gasteiger partial charge in [0, 0.05) is 36.4 Å². The van der Waals surface area contributed by atoms with Gasteiger partial charge in [-0.2, -0.15) is 0 Å². The number of nitrogens with one attached hydrogen (secondary N) is 1. The smallest absolute Gasteiger partial charge is 0.261 e. The Hall–Kier alpha value is -2.54. The van der Waals surface area contributed by atoms with Crippen molar-refractivity contribution >= 4 is 27.3 Å². The first-order chi connectivity index (χ1) is 14.2. The minimum Gasteiger partial charge on any atom is -0.361 e. The van der Waals surface area contributed by atoms with Gasteiger partial charge in [-0.15, -0.1) is 0 Å². The van der Waals surface area contributed by atoms with Crippen LogP contribution in [0.25, 0.3) is 0 Å². The van der Waals surface area contributed by atoms with E-state index in [2.05, 4.69) is 23.5 Å². The Morgan fingerprint density at radius 3 is 2.53 bits per heavy atom. The van der Waals surface area contributed by atoms with E-state index < -0.39 is 10.0 Å². The molecule has 1 fully saturated rings. The number of carbonyl (C=O) groups excluding carboxylic acids is 1. The van der Waals surface area contributed by atoms with Gasteiger partial charge >= 0.3 is 0 Å². The number of nitrogens with zero attached hydrogens (tertiary/aromatic N) is 2. The zero-order chi connectivity index (χ0) is 21.5. The van der Waals surface area contributed by atoms with Crippen molar-refractivity contribution in [3.05, 3.63) is 53.6 Å². The van der Waals surface area contributed by atoms with Gasteiger partial charge in [0.1, 0.15) is 0 Å². The summed E-state index contributed by atoms with van der Waals surface area (Å²) in [5.74, 6) is 0.147. The van der Waals surface area contributed by atoms with Crippen LogP contribution >= 0.6 is 0 Å². The van der Waals surface area contributed by atoms with Gasteiger partial charge in [0.05, 0.1) is 11.4 Å². The van der Waals surface area contributed by atoms with E-state index in [-0.39, 0.29) is 16.2 Å². The molecule has 0 saturated carbocycles. The Kier molecular flexibility index (Phi) is 5.26. The third kappa shape index (κ3) is 4.03. The number of rotatable bonds is 5. The lowest BCUT2D eigenvalue weighted by Gasteiger charge is -2.24. The molecule has 1 saturated heterocycles. The maximum atomic E-state index is 13.0. The zero-order valence-corrected chi connectivity index (χ0v) is 18.6. The number of amides is 1. The van der Waals surface area contributed by atoms with E-state index in [0.717, 1.165) is 42.7 Å². The Morgan fingerprint density at radius 1 is 1.10 bits per heavy atom. The number of benzene rings is 2. The second kappa shape index (κ2) is 7.61. The van der Waals surface area contributed by atoms with E-state index in [4.69, 9.17) is 0 Å². The van der Waals surface area contributed by atoms with Crippen LogP contribution in [0.15, 0.2) is 47.4 Å². The minimum atomic E-state index is -3.70. The van der Waals surface area contributed by atoms with Crippen LogP contribution in [-0.4, -0.2) is 45.4 Å². The molecule has 0 spiro atoms. The molecule has 4 rings (SSSR count). The molecule has 0 aliphatic carbocycles. The van der Waals surface area contributed by atoms with Crippen LogP contribution < -0.4 is 9.62 Å². The molecule has 1 N–H and O–H groups in total. The first-order valence-electron chi connectivity index (χ1n) is 10.4. The van der Waals surface area contributed by atoms with E-state index in [1.807, 2.05) is 30.0 Å². The van der Waals surface area contributed by atoms with Gasteiger partial charge in [0.25, 0.3) is 10.0 Å². The number of likely N-dealkylation sites (tertiary alicyclic amines) is 1. The molecule has 6 nitrogen and oxygen atoms in total. The molecule has 160 valence electrons. The molecule has 2 heterocycles. The van der Waals surface area contributed by atoms with Gasteiger partial charge in [-0.1, -0.05) is 26.0 Å². The molecule has 0 unspecified atom stereocenters. The van der Waals surface area contributed by atoms with Crippen molar-refractivity contribution in [2.75, 3.05) is 35.8 Å². The highest BCUT2D eigenvalue weighted by Gasteiger charge is 2.37. The SMILES string of the molecule is Cc1cccc(NS(=O)(=O)c2ccc3c(c2)C(C)(C)CN3CC(=O)N2CCCC2)c1. The molecule has 0 bridgehead atoms. The number of carbonyl (C=O) groups is 1. The monoisotopic (exact) mass is 427 g/mol. The number of anilines is 2. The average molecular weight is 428 g/mol. The lowest BCUT2D eigenvalue weighted by Crippen LogP contribution is -2.40. The minimum absolute atomic E-state index is 0.147. The Labute approximate surface area is 178 Å². The molecule has 1 amide bonds. The van der Waals surface area contributed by atoms with E-state index in [9.17, 15) is 13.2 Å². The van der Waals surface area contributed by atoms with Gasteiger partial charge in [-0.25, -0.2) is 8.42 Å². The highest BCUT2D eigenvalue weighted by molar-refractivity contribution is 7.92. The molecule has 7 heteroatoms. The van der Waals surface area contributed by atoms with Crippen molar-refractivity contribution in [2.24, 2.45) is 0 Å². The summed E-state index contributed by atoms with van der Waals surface area (Å²) in [7, 11) is -3.70. The zero-order valence-electron chi connectivity index (χ0n) is 17.8. The van der Waals surface area contributed by atoms with Crippen LogP contribution in [0.2, 0.25) is 0 Å². The van der Waals surface area contributed by atoms with E-state index >= 15 is 0 Å². The summed E-state index contributed by atoms with van der Waals surface area (Å²) in [6.07, 6.45) is 2.14. The summed E-state index contributed by atoms with van der Waals surface area (Å²) in [5.41, 5.74) is 3.21. The van der Waals surface area contributed by atoms with Crippen molar-refractivity contribution in [3.8, 4) is 0 Å². The van der Waals surface area contributed by atoms with E-state index in [0.29, 0.717) is 18.8 Å². The third-order valence-corrected chi connectivity index (χ3v) is 7.37. The van der Waals surface area contributed by atoms with Gasteiger partial charge in [0.15, 0.2) is 0 Å². The Bertz CT molecular complexity index is 1070. The van der Waals surface area contributed by atoms with Crippen LogP contribution in [0.4, 0.5) is 11.4 Å². The van der Waals surface area contributed by atoms with Gasteiger partial charge in [0.2, 0.25) is 5.91 Å². The van der Waals surface area contributed by atoms with Crippen molar-refractivity contribution in [1.29, 1.82) is 0 Å². The van der Waals surface area contributed by atoms with E-state index in [1.165, 1.54) is 0 Å². The number of fused-ring (bicyclic) bond motifs is 1. The average Bonchev–Trinajstić information content (AvgIpc) is 3.28.